The number of alkyl halides is 3. The van der Waals surface area contributed by atoms with Gasteiger partial charge in [0.05, 0.1) is 11.1 Å². The molecule has 0 fully saturated rings. The maximum Gasteiger partial charge on any atom is 0.416 e. The van der Waals surface area contributed by atoms with Crippen LogP contribution in [0.3, 0.4) is 0 Å². The molecule has 0 bridgehead atoms. The first kappa shape index (κ1) is 25.6. The fourth-order valence-electron chi connectivity index (χ4n) is 3.09. The van der Waals surface area contributed by atoms with Gasteiger partial charge in [-0.3, -0.25) is 9.59 Å². The fraction of sp³-hybridized carbons (Fsp3) is 0.200. The highest BCUT2D eigenvalue weighted by Crippen LogP contribution is 2.31. The Balaban J connectivity index is 1.51. The Hall–Kier alpha value is -4.05. The number of carbonyl (C=O) groups is 2. The molecule has 3 aromatic carbocycles. The van der Waals surface area contributed by atoms with E-state index in [2.05, 4.69) is 5.32 Å². The van der Waals surface area contributed by atoms with E-state index < -0.39 is 29.7 Å². The average Bonchev–Trinajstić information content (AvgIpc) is 2.84. The van der Waals surface area contributed by atoms with Crippen LogP contribution >= 0.6 is 0 Å². The van der Waals surface area contributed by atoms with Crippen molar-refractivity contribution < 1.29 is 37.3 Å². The van der Waals surface area contributed by atoms with E-state index in [1.54, 1.807) is 48.5 Å². The van der Waals surface area contributed by atoms with E-state index in [0.29, 0.717) is 16.9 Å². The zero-order valence-electron chi connectivity index (χ0n) is 18.4. The molecule has 0 aliphatic rings. The molecule has 0 aliphatic heterocycles. The summed E-state index contributed by atoms with van der Waals surface area (Å²) in [6.45, 7) is -0.405. The fourth-order valence-corrected chi connectivity index (χ4v) is 3.09. The van der Waals surface area contributed by atoms with Gasteiger partial charge in [0, 0.05) is 12.1 Å². The van der Waals surface area contributed by atoms with Gasteiger partial charge in [-0.2, -0.15) is 13.2 Å². The van der Waals surface area contributed by atoms with E-state index in [0.717, 1.165) is 12.1 Å². The van der Waals surface area contributed by atoms with Gasteiger partial charge in [0.1, 0.15) is 30.8 Å². The standard InChI is InChI=1S/C25H23F3N2O5/c26-25(27,28)18-7-4-8-20(12-18)34-15-19(31)13-30-24(33)17-6-3-5-16(11-17)14-35-22-10-2-1-9-21(22)23(29)32/h1-12,19,31H,13-15H2,(H2,29,32)(H,30,33). The van der Waals surface area contributed by atoms with Gasteiger partial charge in [0.2, 0.25) is 0 Å². The van der Waals surface area contributed by atoms with Crippen molar-refractivity contribution in [2.75, 3.05) is 13.2 Å². The third-order valence-corrected chi connectivity index (χ3v) is 4.84. The Bertz CT molecular complexity index is 1180. The van der Waals surface area contributed by atoms with Gasteiger partial charge in [-0.1, -0.05) is 30.3 Å². The van der Waals surface area contributed by atoms with Crippen LogP contribution in [0, 0.1) is 0 Å². The predicted molar refractivity (Wildman–Crippen MR) is 121 cm³/mol. The SMILES string of the molecule is NC(=O)c1ccccc1OCc1cccc(C(=O)NCC(O)COc2cccc(C(F)(F)F)c2)c1. The Morgan fingerprint density at radius 2 is 1.71 bits per heavy atom. The van der Waals surface area contributed by atoms with E-state index in [1.165, 1.54) is 12.1 Å². The molecule has 0 saturated heterocycles. The zero-order valence-corrected chi connectivity index (χ0v) is 18.4. The molecule has 3 rings (SSSR count). The van der Waals surface area contributed by atoms with Crippen LogP contribution in [0.15, 0.2) is 72.8 Å². The van der Waals surface area contributed by atoms with Crippen molar-refractivity contribution >= 4 is 11.8 Å². The number of nitrogens with two attached hydrogens (primary N) is 1. The largest absolute Gasteiger partial charge is 0.491 e. The van der Waals surface area contributed by atoms with Gasteiger partial charge >= 0.3 is 6.18 Å². The minimum absolute atomic E-state index is 0.0455. The second kappa shape index (κ2) is 11.4. The average molecular weight is 488 g/mol. The minimum Gasteiger partial charge on any atom is -0.491 e. The first-order valence-corrected chi connectivity index (χ1v) is 10.5. The lowest BCUT2D eigenvalue weighted by Gasteiger charge is -2.15. The third-order valence-electron chi connectivity index (χ3n) is 4.84. The van der Waals surface area contributed by atoms with Crippen LogP contribution in [0.5, 0.6) is 11.5 Å². The molecule has 7 nitrogen and oxygen atoms in total. The minimum atomic E-state index is -4.50. The number of hydrogen-bond acceptors (Lipinski definition) is 5. The van der Waals surface area contributed by atoms with Crippen LogP contribution in [-0.2, 0) is 12.8 Å². The van der Waals surface area contributed by atoms with Crippen LogP contribution in [-0.4, -0.2) is 36.2 Å². The Morgan fingerprint density at radius 1 is 0.971 bits per heavy atom. The summed E-state index contributed by atoms with van der Waals surface area (Å²) in [4.78, 5) is 24.0. The molecule has 2 amide bonds. The first-order valence-electron chi connectivity index (χ1n) is 10.5. The zero-order chi connectivity index (χ0) is 25.4. The molecule has 184 valence electrons. The van der Waals surface area contributed by atoms with Crippen molar-refractivity contribution in [3.05, 3.63) is 95.1 Å². The Kier molecular flexibility index (Phi) is 8.32. The highest BCUT2D eigenvalue weighted by atomic mass is 19.4. The van der Waals surface area contributed by atoms with Crippen LogP contribution in [0.25, 0.3) is 0 Å². The van der Waals surface area contributed by atoms with Gasteiger partial charge in [-0.05, 0) is 48.0 Å². The lowest BCUT2D eigenvalue weighted by molar-refractivity contribution is -0.137. The third kappa shape index (κ3) is 7.47. The second-order valence-electron chi connectivity index (χ2n) is 7.55. The number of rotatable bonds is 10. The topological polar surface area (TPSA) is 111 Å². The lowest BCUT2D eigenvalue weighted by Crippen LogP contribution is -2.35. The van der Waals surface area contributed by atoms with E-state index in [9.17, 15) is 27.9 Å². The number of aliphatic hydroxyl groups excluding tert-OH is 1. The first-order chi connectivity index (χ1) is 16.6. The summed E-state index contributed by atoms with van der Waals surface area (Å²) in [6, 6.07) is 17.4. The summed E-state index contributed by atoms with van der Waals surface area (Å²) in [7, 11) is 0. The molecule has 1 atom stereocenters. The number of nitrogens with one attached hydrogen (secondary N) is 1. The molecule has 4 N–H and O–H groups in total. The smallest absolute Gasteiger partial charge is 0.416 e. The van der Waals surface area contributed by atoms with Crippen LogP contribution in [0.2, 0.25) is 0 Å². The number of primary amides is 1. The molecule has 0 aliphatic carbocycles. The number of ether oxygens (including phenoxy) is 2. The quantitative estimate of drug-likeness (QED) is 0.404. The predicted octanol–water partition coefficient (Wildman–Crippen LogP) is 3.55. The highest BCUT2D eigenvalue weighted by Gasteiger charge is 2.30. The highest BCUT2D eigenvalue weighted by molar-refractivity contribution is 5.95. The van der Waals surface area contributed by atoms with Crippen molar-refractivity contribution in [2.24, 2.45) is 5.73 Å². The molecule has 0 spiro atoms. The molecule has 0 heterocycles. The number of carbonyl (C=O) groups excluding carboxylic acids is 2. The normalized spacial score (nSPS) is 12.0. The maximum absolute atomic E-state index is 12.8. The summed E-state index contributed by atoms with van der Waals surface area (Å²) in [6.07, 6.45) is -5.65. The molecule has 0 radical (unpaired) electrons. The number of hydrogen-bond donors (Lipinski definition) is 3. The number of benzene rings is 3. The second-order valence-corrected chi connectivity index (χ2v) is 7.55. The number of halogens is 3. The van der Waals surface area contributed by atoms with E-state index in [-0.39, 0.29) is 31.1 Å². The van der Waals surface area contributed by atoms with Gasteiger partial charge < -0.3 is 25.6 Å². The van der Waals surface area contributed by atoms with Crippen molar-refractivity contribution in [3.63, 3.8) is 0 Å². The molecular weight excluding hydrogens is 465 g/mol. The number of para-hydroxylation sites is 1. The van der Waals surface area contributed by atoms with Crippen molar-refractivity contribution in [3.8, 4) is 11.5 Å². The molecule has 0 saturated carbocycles. The van der Waals surface area contributed by atoms with Crippen LogP contribution in [0.4, 0.5) is 13.2 Å². The summed E-state index contributed by atoms with van der Waals surface area (Å²) in [5.41, 5.74) is 5.68. The monoisotopic (exact) mass is 488 g/mol. The van der Waals surface area contributed by atoms with Gasteiger partial charge in [0.15, 0.2) is 0 Å². The molecule has 35 heavy (non-hydrogen) atoms. The van der Waals surface area contributed by atoms with E-state index in [4.69, 9.17) is 15.2 Å². The summed E-state index contributed by atoms with van der Waals surface area (Å²) >= 11 is 0. The van der Waals surface area contributed by atoms with Crippen molar-refractivity contribution in [2.45, 2.75) is 18.9 Å². The molecular formula is C25H23F3N2O5. The summed E-state index contributed by atoms with van der Waals surface area (Å²) < 4.78 is 49.2. The molecule has 3 aromatic rings. The lowest BCUT2D eigenvalue weighted by atomic mass is 10.1. The molecule has 1 unspecified atom stereocenters. The van der Waals surface area contributed by atoms with E-state index in [1.807, 2.05) is 0 Å². The Morgan fingerprint density at radius 3 is 2.46 bits per heavy atom. The van der Waals surface area contributed by atoms with Gasteiger partial charge in [-0.15, -0.1) is 0 Å². The number of amides is 2. The Labute approximate surface area is 199 Å². The maximum atomic E-state index is 12.8. The summed E-state index contributed by atoms with van der Waals surface area (Å²) in [5.74, 6) is -0.818. The van der Waals surface area contributed by atoms with Crippen molar-refractivity contribution in [1.82, 2.24) is 5.32 Å². The number of aliphatic hydroxyl groups is 1. The van der Waals surface area contributed by atoms with Crippen LogP contribution in [0.1, 0.15) is 31.8 Å². The summed E-state index contributed by atoms with van der Waals surface area (Å²) in [5, 5.41) is 12.6. The van der Waals surface area contributed by atoms with E-state index >= 15 is 0 Å². The molecule has 10 heteroatoms. The van der Waals surface area contributed by atoms with Gasteiger partial charge in [0.25, 0.3) is 11.8 Å². The van der Waals surface area contributed by atoms with Crippen molar-refractivity contribution in [1.29, 1.82) is 0 Å². The van der Waals surface area contributed by atoms with Gasteiger partial charge in [-0.25, -0.2) is 0 Å². The van der Waals surface area contributed by atoms with Crippen LogP contribution < -0.4 is 20.5 Å². The molecule has 0 aromatic heterocycles.